The van der Waals surface area contributed by atoms with E-state index in [-0.39, 0.29) is 28.3 Å². The van der Waals surface area contributed by atoms with E-state index in [1.807, 2.05) is 0 Å². The Hall–Kier alpha value is -1.97. The van der Waals surface area contributed by atoms with Crippen molar-refractivity contribution in [3.05, 3.63) is 44.0 Å². The lowest BCUT2D eigenvalue weighted by Gasteiger charge is -2.08. The standard InChI is InChI=1S/C10H7BrClN5O3/c11-5-1-6(17(18)19)3-7(2-5)20-9-8(12)4-14-10(15-9)16-13/h1-4H,13H2,(H,14,15,16). The van der Waals surface area contributed by atoms with Crippen LogP contribution in [0.5, 0.6) is 11.6 Å². The van der Waals surface area contributed by atoms with Crippen LogP contribution in [0.4, 0.5) is 11.6 Å². The van der Waals surface area contributed by atoms with Crippen molar-refractivity contribution in [2.45, 2.75) is 0 Å². The quantitative estimate of drug-likeness (QED) is 0.489. The molecule has 8 nitrogen and oxygen atoms in total. The Kier molecular flexibility index (Phi) is 4.32. The highest BCUT2D eigenvalue weighted by atomic mass is 79.9. The van der Waals surface area contributed by atoms with Gasteiger partial charge in [-0.25, -0.2) is 10.8 Å². The fourth-order valence-corrected chi connectivity index (χ4v) is 1.91. The van der Waals surface area contributed by atoms with Gasteiger partial charge in [0.25, 0.3) is 5.69 Å². The number of hydrogen-bond acceptors (Lipinski definition) is 7. The molecule has 0 atom stereocenters. The first kappa shape index (κ1) is 14.4. The lowest BCUT2D eigenvalue weighted by molar-refractivity contribution is -0.385. The number of nitrogens with zero attached hydrogens (tertiary/aromatic N) is 3. The van der Waals surface area contributed by atoms with Gasteiger partial charge in [-0.1, -0.05) is 27.5 Å². The zero-order valence-electron chi connectivity index (χ0n) is 9.71. The lowest BCUT2D eigenvalue weighted by atomic mass is 10.3. The van der Waals surface area contributed by atoms with E-state index in [1.165, 1.54) is 18.3 Å². The molecule has 1 aromatic carbocycles. The van der Waals surface area contributed by atoms with Gasteiger partial charge in [0.05, 0.1) is 17.2 Å². The number of hydrogen-bond donors (Lipinski definition) is 2. The van der Waals surface area contributed by atoms with Crippen LogP contribution >= 0.6 is 27.5 Å². The molecule has 0 saturated heterocycles. The fraction of sp³-hybridized carbons (Fsp3) is 0. The van der Waals surface area contributed by atoms with Crippen LogP contribution in [0.2, 0.25) is 5.02 Å². The molecule has 0 aliphatic rings. The molecule has 0 fully saturated rings. The van der Waals surface area contributed by atoms with Gasteiger partial charge in [-0.2, -0.15) is 4.98 Å². The summed E-state index contributed by atoms with van der Waals surface area (Å²) in [6.45, 7) is 0. The van der Waals surface area contributed by atoms with Crippen molar-refractivity contribution in [2.24, 2.45) is 5.84 Å². The van der Waals surface area contributed by atoms with Gasteiger partial charge in [-0.15, -0.1) is 0 Å². The first-order valence-corrected chi connectivity index (χ1v) is 6.28. The van der Waals surface area contributed by atoms with E-state index in [9.17, 15) is 10.1 Å². The molecule has 0 aliphatic heterocycles. The molecule has 0 aliphatic carbocycles. The molecule has 1 aromatic heterocycles. The second-order valence-corrected chi connectivity index (χ2v) is 4.82. The molecule has 0 radical (unpaired) electrons. The van der Waals surface area contributed by atoms with Crippen LogP contribution in [0.3, 0.4) is 0 Å². The fourth-order valence-electron chi connectivity index (χ4n) is 1.32. The number of nitro groups is 1. The minimum absolute atomic E-state index is 0.0296. The van der Waals surface area contributed by atoms with Gasteiger partial charge >= 0.3 is 0 Å². The Labute approximate surface area is 126 Å². The van der Waals surface area contributed by atoms with E-state index in [0.717, 1.165) is 0 Å². The number of hydrazine groups is 1. The zero-order valence-corrected chi connectivity index (χ0v) is 12.1. The molecular formula is C10H7BrClN5O3. The molecule has 0 spiro atoms. The van der Waals surface area contributed by atoms with Gasteiger partial charge in [-0.3, -0.25) is 15.5 Å². The zero-order chi connectivity index (χ0) is 14.7. The molecule has 2 aromatic rings. The number of ether oxygens (including phenoxy) is 1. The SMILES string of the molecule is NNc1ncc(Cl)c(Oc2cc(Br)cc([N+](=O)[O-])c2)n1. The lowest BCUT2D eigenvalue weighted by Crippen LogP contribution is -2.10. The molecule has 104 valence electrons. The minimum Gasteiger partial charge on any atom is -0.437 e. The number of non-ortho nitro benzene ring substituents is 1. The van der Waals surface area contributed by atoms with Crippen LogP contribution in [-0.2, 0) is 0 Å². The smallest absolute Gasteiger partial charge is 0.274 e. The molecule has 3 N–H and O–H groups in total. The molecule has 0 unspecified atom stereocenters. The number of halogens is 2. The number of aromatic nitrogens is 2. The number of nitrogens with one attached hydrogen (secondary N) is 1. The van der Waals surface area contributed by atoms with Gasteiger partial charge in [0.1, 0.15) is 10.8 Å². The maximum atomic E-state index is 10.8. The average molecular weight is 361 g/mol. The Morgan fingerprint density at radius 3 is 2.85 bits per heavy atom. The van der Waals surface area contributed by atoms with Crippen molar-refractivity contribution < 1.29 is 9.66 Å². The number of nitro benzene ring substituents is 1. The maximum Gasteiger partial charge on any atom is 0.274 e. The van der Waals surface area contributed by atoms with E-state index in [1.54, 1.807) is 6.07 Å². The Bertz CT molecular complexity index is 669. The summed E-state index contributed by atoms with van der Waals surface area (Å²) in [5.41, 5.74) is 2.11. The predicted molar refractivity (Wildman–Crippen MR) is 75.7 cm³/mol. The third-order valence-electron chi connectivity index (χ3n) is 2.12. The van der Waals surface area contributed by atoms with Crippen molar-refractivity contribution in [3.8, 4) is 11.6 Å². The van der Waals surface area contributed by atoms with Crippen LogP contribution in [0.15, 0.2) is 28.9 Å². The third-order valence-corrected chi connectivity index (χ3v) is 2.84. The number of rotatable bonds is 4. The highest BCUT2D eigenvalue weighted by Crippen LogP contribution is 2.32. The monoisotopic (exact) mass is 359 g/mol. The Balaban J connectivity index is 2.36. The van der Waals surface area contributed by atoms with Crippen molar-refractivity contribution in [1.82, 2.24) is 9.97 Å². The molecule has 20 heavy (non-hydrogen) atoms. The Morgan fingerprint density at radius 1 is 1.45 bits per heavy atom. The second-order valence-electron chi connectivity index (χ2n) is 3.50. The van der Waals surface area contributed by atoms with Crippen molar-refractivity contribution in [3.63, 3.8) is 0 Å². The maximum absolute atomic E-state index is 10.8. The topological polar surface area (TPSA) is 116 Å². The van der Waals surface area contributed by atoms with E-state index >= 15 is 0 Å². The molecule has 1 heterocycles. The van der Waals surface area contributed by atoms with Gasteiger partial charge in [0.2, 0.25) is 11.8 Å². The highest BCUT2D eigenvalue weighted by Gasteiger charge is 2.13. The van der Waals surface area contributed by atoms with E-state index in [4.69, 9.17) is 22.2 Å². The average Bonchev–Trinajstić information content (AvgIpc) is 2.40. The Morgan fingerprint density at radius 2 is 2.20 bits per heavy atom. The molecule has 2 rings (SSSR count). The summed E-state index contributed by atoms with van der Waals surface area (Å²) in [6, 6.07) is 4.14. The van der Waals surface area contributed by atoms with Gasteiger partial charge in [-0.05, 0) is 6.07 Å². The highest BCUT2D eigenvalue weighted by molar-refractivity contribution is 9.10. The van der Waals surface area contributed by atoms with E-state index in [0.29, 0.717) is 4.47 Å². The summed E-state index contributed by atoms with van der Waals surface area (Å²) in [6.07, 6.45) is 1.30. The van der Waals surface area contributed by atoms with E-state index < -0.39 is 4.92 Å². The number of anilines is 1. The molecular weight excluding hydrogens is 353 g/mol. The van der Waals surface area contributed by atoms with Gasteiger partial charge in [0.15, 0.2) is 0 Å². The van der Waals surface area contributed by atoms with Crippen molar-refractivity contribution >= 4 is 39.2 Å². The van der Waals surface area contributed by atoms with Crippen LogP contribution in [0, 0.1) is 10.1 Å². The van der Waals surface area contributed by atoms with Gasteiger partial charge < -0.3 is 4.74 Å². The molecule has 10 heteroatoms. The summed E-state index contributed by atoms with van der Waals surface area (Å²) in [7, 11) is 0. The second kappa shape index (κ2) is 5.99. The van der Waals surface area contributed by atoms with Crippen LogP contribution < -0.4 is 16.0 Å². The number of benzene rings is 1. The number of nitrogen functional groups attached to an aromatic ring is 1. The third kappa shape index (κ3) is 3.32. The van der Waals surface area contributed by atoms with E-state index in [2.05, 4.69) is 31.3 Å². The van der Waals surface area contributed by atoms with Crippen molar-refractivity contribution in [1.29, 1.82) is 0 Å². The van der Waals surface area contributed by atoms with Crippen LogP contribution in [0.1, 0.15) is 0 Å². The minimum atomic E-state index is -0.536. The van der Waals surface area contributed by atoms with Crippen molar-refractivity contribution in [2.75, 3.05) is 5.43 Å². The molecule has 0 amide bonds. The first-order valence-electron chi connectivity index (χ1n) is 5.11. The summed E-state index contributed by atoms with van der Waals surface area (Å²) in [4.78, 5) is 17.9. The molecule has 0 saturated carbocycles. The van der Waals surface area contributed by atoms with Gasteiger partial charge in [0, 0.05) is 10.5 Å². The normalized spacial score (nSPS) is 10.2. The van der Waals surface area contributed by atoms with Crippen LogP contribution in [-0.4, -0.2) is 14.9 Å². The summed E-state index contributed by atoms with van der Waals surface area (Å²) in [5, 5.41) is 10.9. The predicted octanol–water partition coefficient (Wildman–Crippen LogP) is 2.88. The summed E-state index contributed by atoms with van der Waals surface area (Å²) in [5.74, 6) is 5.52. The first-order chi connectivity index (χ1) is 9.49. The largest absolute Gasteiger partial charge is 0.437 e. The number of nitrogens with two attached hydrogens (primary N) is 1. The molecule has 0 bridgehead atoms. The summed E-state index contributed by atoms with van der Waals surface area (Å²) < 4.78 is 5.90. The summed E-state index contributed by atoms with van der Waals surface area (Å²) >= 11 is 9.04. The van der Waals surface area contributed by atoms with Crippen LogP contribution in [0.25, 0.3) is 0 Å².